The van der Waals surface area contributed by atoms with Crippen LogP contribution in [0.4, 0.5) is 11.4 Å². The summed E-state index contributed by atoms with van der Waals surface area (Å²) < 4.78 is 16.2. The zero-order valence-corrected chi connectivity index (χ0v) is 31.8. The lowest BCUT2D eigenvalue weighted by Crippen LogP contribution is -2.28. The van der Waals surface area contributed by atoms with Crippen LogP contribution in [0, 0.1) is 0 Å². The number of carbonyl (C=O) groups is 2. The van der Waals surface area contributed by atoms with Gasteiger partial charge in [-0.15, -0.1) is 24.8 Å². The summed E-state index contributed by atoms with van der Waals surface area (Å²) in [4.78, 5) is 38.9. The number of aliphatic hydroxyl groups is 2. The van der Waals surface area contributed by atoms with Crippen molar-refractivity contribution in [3.63, 3.8) is 0 Å². The van der Waals surface area contributed by atoms with Crippen molar-refractivity contribution in [3.8, 4) is 34.3 Å². The van der Waals surface area contributed by atoms with Gasteiger partial charge < -0.3 is 55.6 Å². The number of benzene rings is 4. The molecule has 0 unspecified atom stereocenters. The highest BCUT2D eigenvalue weighted by molar-refractivity contribution is 6.33. The number of nitrogens with one attached hydrogen (secondary N) is 4. The molecule has 1 aliphatic carbocycles. The van der Waals surface area contributed by atoms with Gasteiger partial charge in [-0.1, -0.05) is 12.1 Å². The Morgan fingerprint density at radius 1 is 0.600 bits per heavy atom. The molecule has 0 bridgehead atoms. The fourth-order valence-corrected chi connectivity index (χ4v) is 5.82. The highest BCUT2D eigenvalue weighted by Gasteiger charge is 2.37. The number of anilines is 2. The molecule has 0 fully saturated rings. The van der Waals surface area contributed by atoms with Crippen LogP contribution in [0.1, 0.15) is 31.8 Å². The number of ketones is 2. The van der Waals surface area contributed by atoms with E-state index in [2.05, 4.69) is 21.3 Å². The van der Waals surface area contributed by atoms with E-state index in [1.54, 1.807) is 44.6 Å². The van der Waals surface area contributed by atoms with Gasteiger partial charge in [0.2, 0.25) is 11.6 Å². The Kier molecular flexibility index (Phi) is 16.8. The van der Waals surface area contributed by atoms with Crippen molar-refractivity contribution in [2.45, 2.75) is 0 Å². The van der Waals surface area contributed by atoms with Crippen molar-refractivity contribution >= 4 is 58.7 Å². The third-order valence-electron chi connectivity index (χ3n) is 8.38. The van der Waals surface area contributed by atoms with Gasteiger partial charge in [0.1, 0.15) is 34.3 Å². The molecule has 1 aromatic heterocycles. The maximum absolute atomic E-state index is 13.4. The van der Waals surface area contributed by atoms with Crippen LogP contribution in [0.5, 0.6) is 23.0 Å². The van der Waals surface area contributed by atoms with Gasteiger partial charge in [-0.3, -0.25) is 14.4 Å². The highest BCUT2D eigenvalue weighted by atomic mass is 35.5. The fraction of sp³-hybridized carbons (Fsp3) is 0.256. The summed E-state index contributed by atoms with van der Waals surface area (Å²) >= 11 is 0. The first kappa shape index (κ1) is 44.0. The van der Waals surface area contributed by atoms with Crippen LogP contribution in [0.3, 0.4) is 0 Å². The van der Waals surface area contributed by atoms with E-state index >= 15 is 0 Å². The first-order valence-electron chi connectivity index (χ1n) is 16.9. The predicted molar refractivity (Wildman–Crippen MR) is 215 cm³/mol. The molecule has 4 aromatic carbocycles. The SMILES string of the molecule is COc1cccc(-c2cc(=O)c3ccc(OC)cc3o2)c1.Cl.Cl.O=C1c2c(O)ccc(O)c2C(=O)c2c(NCCNCCO)ccc(NCCNCCO)c21. The number of halogens is 2. The number of phenols is 2. The van der Waals surface area contributed by atoms with Crippen molar-refractivity contribution < 1.29 is 43.9 Å². The lowest BCUT2D eigenvalue weighted by molar-refractivity contribution is 0.0975. The molecule has 1 aliphatic rings. The van der Waals surface area contributed by atoms with Crippen LogP contribution >= 0.6 is 24.8 Å². The van der Waals surface area contributed by atoms with Crippen molar-refractivity contribution in [2.24, 2.45) is 0 Å². The molecule has 6 rings (SSSR count). The molecule has 55 heavy (non-hydrogen) atoms. The van der Waals surface area contributed by atoms with E-state index in [4.69, 9.17) is 24.1 Å². The molecule has 294 valence electrons. The summed E-state index contributed by atoms with van der Waals surface area (Å²) in [5.74, 6) is -0.00594. The maximum atomic E-state index is 13.4. The van der Waals surface area contributed by atoms with Crippen LogP contribution in [-0.2, 0) is 0 Å². The molecule has 14 nitrogen and oxygen atoms in total. The van der Waals surface area contributed by atoms with Crippen LogP contribution in [0.25, 0.3) is 22.3 Å². The minimum Gasteiger partial charge on any atom is -0.507 e. The van der Waals surface area contributed by atoms with Crippen LogP contribution in [0.15, 0.2) is 82.0 Å². The molecule has 0 saturated carbocycles. The summed E-state index contributed by atoms with van der Waals surface area (Å²) in [5, 5.41) is 51.1. The number of fused-ring (bicyclic) bond motifs is 3. The number of carbonyl (C=O) groups excluding carboxylic acids is 2. The topological polar surface area (TPSA) is 212 Å². The van der Waals surface area contributed by atoms with Crippen molar-refractivity contribution in [2.75, 3.05) is 77.3 Å². The number of hydrogen-bond donors (Lipinski definition) is 8. The van der Waals surface area contributed by atoms with E-state index in [1.807, 2.05) is 24.3 Å². The summed E-state index contributed by atoms with van der Waals surface area (Å²) in [6.07, 6.45) is 0. The summed E-state index contributed by atoms with van der Waals surface area (Å²) in [5.41, 5.74) is 1.88. The number of hydrogen-bond acceptors (Lipinski definition) is 14. The molecule has 0 radical (unpaired) electrons. The summed E-state index contributed by atoms with van der Waals surface area (Å²) in [6.45, 7) is 2.81. The molecule has 16 heteroatoms. The molecule has 0 spiro atoms. The van der Waals surface area contributed by atoms with Gasteiger partial charge in [-0.2, -0.15) is 0 Å². The Morgan fingerprint density at radius 3 is 1.64 bits per heavy atom. The number of rotatable bonds is 15. The average Bonchev–Trinajstić information content (AvgIpc) is 3.17. The van der Waals surface area contributed by atoms with Gasteiger partial charge in [0.15, 0.2) is 5.43 Å². The molecule has 0 saturated heterocycles. The zero-order chi connectivity index (χ0) is 37.9. The molecular weight excluding hydrogens is 755 g/mol. The second-order valence-electron chi connectivity index (χ2n) is 11.8. The summed E-state index contributed by atoms with van der Waals surface area (Å²) in [6, 6.07) is 19.8. The monoisotopic (exact) mass is 798 g/mol. The van der Waals surface area contributed by atoms with Gasteiger partial charge in [0.25, 0.3) is 0 Å². The first-order valence-corrected chi connectivity index (χ1v) is 16.9. The Hall–Kier alpha value is -5.35. The zero-order valence-electron chi connectivity index (χ0n) is 30.1. The second kappa shape index (κ2) is 20.9. The molecule has 8 N–H and O–H groups in total. The van der Waals surface area contributed by atoms with E-state index in [0.29, 0.717) is 78.9 Å². The molecule has 5 aromatic rings. The van der Waals surface area contributed by atoms with E-state index in [0.717, 1.165) is 5.56 Å². The lowest BCUT2D eigenvalue weighted by atomic mass is 9.81. The maximum Gasteiger partial charge on any atom is 0.200 e. The van der Waals surface area contributed by atoms with Gasteiger partial charge in [0, 0.05) is 68.3 Å². The predicted octanol–water partition coefficient (Wildman–Crippen LogP) is 4.18. The van der Waals surface area contributed by atoms with Crippen LogP contribution < -0.4 is 36.2 Å². The lowest BCUT2D eigenvalue weighted by Gasteiger charge is -2.25. The average molecular weight is 800 g/mol. The van der Waals surface area contributed by atoms with Crippen molar-refractivity contribution in [3.05, 3.63) is 105 Å². The third-order valence-corrected chi connectivity index (χ3v) is 8.38. The van der Waals surface area contributed by atoms with E-state index in [1.165, 1.54) is 18.2 Å². The minimum atomic E-state index is -0.559. The normalized spacial score (nSPS) is 11.3. The number of methoxy groups -OCH3 is 2. The Balaban J connectivity index is 0.000000307. The first-order chi connectivity index (χ1) is 25.7. The Morgan fingerprint density at radius 2 is 1.13 bits per heavy atom. The van der Waals surface area contributed by atoms with Gasteiger partial charge >= 0.3 is 0 Å². The number of aromatic hydroxyl groups is 2. The van der Waals surface area contributed by atoms with Gasteiger partial charge in [-0.25, -0.2) is 0 Å². The van der Waals surface area contributed by atoms with E-state index in [-0.39, 0.29) is 77.2 Å². The second-order valence-corrected chi connectivity index (χ2v) is 11.8. The Bertz CT molecular complexity index is 2080. The fourth-order valence-electron chi connectivity index (χ4n) is 5.82. The number of aliphatic hydroxyl groups excluding tert-OH is 2. The number of ether oxygens (including phenoxy) is 2. The smallest absolute Gasteiger partial charge is 0.200 e. The highest BCUT2D eigenvalue weighted by Crippen LogP contribution is 2.42. The quantitative estimate of drug-likeness (QED) is 0.0541. The summed E-state index contributed by atoms with van der Waals surface area (Å²) in [7, 11) is 3.17. The minimum absolute atomic E-state index is 0. The van der Waals surface area contributed by atoms with Gasteiger partial charge in [-0.05, 0) is 48.5 Å². The Labute approximate surface area is 329 Å². The standard InChI is InChI=1S/C22H28N4O6.C17H14O4.2ClH/c27-11-9-23-5-7-25-13-1-2-14(26-8-6-24-10-12-28)18-17(13)21(31)19-15(29)3-4-16(30)20(19)22(18)32;1-19-12-5-3-4-11(8-12)16-10-15(18)14-7-6-13(20-2)9-17(14)21-16;;/h1-4,23-30H,5-12H2;3-10H,1-2H3;2*1H. The molecule has 0 atom stereocenters. The largest absolute Gasteiger partial charge is 0.507 e. The molecule has 1 heterocycles. The van der Waals surface area contributed by atoms with Crippen LogP contribution in [0.2, 0.25) is 0 Å². The van der Waals surface area contributed by atoms with E-state index < -0.39 is 11.6 Å². The molecular formula is C39H44Cl2N4O10. The molecule has 0 amide bonds. The third kappa shape index (κ3) is 10.2. The van der Waals surface area contributed by atoms with E-state index in [9.17, 15) is 24.6 Å². The van der Waals surface area contributed by atoms with Crippen molar-refractivity contribution in [1.82, 2.24) is 10.6 Å². The van der Waals surface area contributed by atoms with Gasteiger partial charge in [0.05, 0.1) is 55.1 Å². The molecule has 0 aliphatic heterocycles. The van der Waals surface area contributed by atoms with Crippen molar-refractivity contribution in [1.29, 1.82) is 0 Å². The van der Waals surface area contributed by atoms with Crippen LogP contribution in [-0.4, -0.2) is 98.7 Å². The number of phenolic OH excluding ortho intramolecular Hbond substituents is 2.